The molecule has 1 unspecified atom stereocenters. The second-order valence-electron chi connectivity index (χ2n) is 13.3. The monoisotopic (exact) mass is 808 g/mol. The molecule has 5 aromatic carbocycles. The predicted octanol–water partition coefficient (Wildman–Crippen LogP) is 5.19. The Kier molecular flexibility index (Phi) is 13.6. The zero-order chi connectivity index (χ0) is 40.1. The number of aliphatic hydroxyl groups excluding tert-OH is 2. The quantitative estimate of drug-likeness (QED) is 0.0215. The van der Waals surface area contributed by atoms with E-state index in [4.69, 9.17) is 38.9 Å². The number of ether oxygens (including phenoxy) is 5. The average Bonchev–Trinajstić information content (AvgIpc) is 3.31. The highest BCUT2D eigenvalue weighted by Gasteiger charge is 2.36. The van der Waals surface area contributed by atoms with Crippen LogP contribution in [-0.2, 0) is 9.47 Å². The molecule has 1 aliphatic carbocycles. The summed E-state index contributed by atoms with van der Waals surface area (Å²) in [5, 5.41) is 48.6. The molecule has 0 aromatic heterocycles. The van der Waals surface area contributed by atoms with E-state index in [0.29, 0.717) is 93.5 Å². The number of phenols is 2. The molecule has 1 atom stereocenters. The molecule has 0 aliphatic heterocycles. The van der Waals surface area contributed by atoms with Crippen molar-refractivity contribution in [2.75, 3.05) is 102 Å². The van der Waals surface area contributed by atoms with Crippen molar-refractivity contribution in [3.05, 3.63) is 49.3 Å². The molecular weight excluding hydrogens is 761 g/mol. The summed E-state index contributed by atoms with van der Waals surface area (Å²) in [4.78, 5) is 33.1. The maximum atomic E-state index is 14.1. The van der Waals surface area contributed by atoms with Gasteiger partial charge in [-0.15, -0.1) is 0 Å². The molecule has 15 heteroatoms. The molecule has 13 nitrogen and oxygen atoms in total. The van der Waals surface area contributed by atoms with Gasteiger partial charge >= 0.3 is 0 Å². The number of aromatic hydroxyl groups is 2. The third-order valence-corrected chi connectivity index (χ3v) is 11.9. The van der Waals surface area contributed by atoms with Gasteiger partial charge in [0, 0.05) is 97.9 Å². The van der Waals surface area contributed by atoms with Gasteiger partial charge in [0.05, 0.1) is 77.4 Å². The van der Waals surface area contributed by atoms with Crippen molar-refractivity contribution >= 4 is 84.1 Å². The minimum atomic E-state index is -0.548. The van der Waals surface area contributed by atoms with Crippen LogP contribution in [0.15, 0.2) is 32.3 Å². The maximum absolute atomic E-state index is 14.1. The number of hydrogen-bond acceptors (Lipinski definition) is 15. The van der Waals surface area contributed by atoms with Crippen LogP contribution in [-0.4, -0.2) is 123 Å². The van der Waals surface area contributed by atoms with Crippen LogP contribution in [0.1, 0.15) is 30.9 Å². The van der Waals surface area contributed by atoms with E-state index in [1.807, 2.05) is 19.9 Å². The van der Waals surface area contributed by atoms with E-state index < -0.39 is 16.8 Å². The minimum absolute atomic E-state index is 0.0199. The Morgan fingerprint density at radius 3 is 1.88 bits per heavy atom. The Morgan fingerprint density at radius 2 is 1.30 bits per heavy atom. The van der Waals surface area contributed by atoms with Crippen molar-refractivity contribution in [3.8, 4) is 28.7 Å². The Hall–Kier alpha value is -4.25. The van der Waals surface area contributed by atoms with E-state index in [0.717, 1.165) is 22.8 Å². The van der Waals surface area contributed by atoms with Crippen LogP contribution >= 0.6 is 23.5 Å². The number of methoxy groups -OCH3 is 3. The van der Waals surface area contributed by atoms with Crippen molar-refractivity contribution in [2.24, 2.45) is 4.99 Å². The van der Waals surface area contributed by atoms with Crippen LogP contribution < -0.4 is 30.4 Å². The zero-order valence-electron chi connectivity index (χ0n) is 32.2. The Morgan fingerprint density at radius 1 is 0.732 bits per heavy atom. The van der Waals surface area contributed by atoms with Crippen molar-refractivity contribution < 1.29 is 44.1 Å². The van der Waals surface area contributed by atoms with E-state index in [1.165, 1.54) is 33.5 Å². The van der Waals surface area contributed by atoms with E-state index in [1.54, 1.807) is 23.5 Å². The molecule has 5 N–H and O–H groups in total. The third-order valence-electron chi connectivity index (χ3n) is 10.0. The molecule has 0 amide bonds. The molecule has 0 fully saturated rings. The van der Waals surface area contributed by atoms with Gasteiger partial charge in [0.15, 0.2) is 28.1 Å². The standard InChI is InChI=1S/C41H48N2O11S2/c1-21-18-23-29-34-30(39(48)38(23)43-7-15-56-17-13-54-11-9-45)24(46)19-26(50-3)32(34)33-27(51-4)20-25(47)31-36(33)35(29)37(41(52-5)40(31)49)28(21)22(2)42-6-14-55-16-12-53-10-8-44/h18-20,28,43-45,48-49H,6-17H2,1-5H3/b42-22+. The smallest absolute Gasteiger partial charge is 0.194 e. The largest absolute Gasteiger partial charge is 0.505 e. The lowest BCUT2D eigenvalue weighted by atomic mass is 9.80. The number of aliphatic imine (C=N–C) groups is 1. The highest BCUT2D eigenvalue weighted by Crippen LogP contribution is 2.58. The molecule has 56 heavy (non-hydrogen) atoms. The van der Waals surface area contributed by atoms with Gasteiger partial charge in [-0.25, -0.2) is 0 Å². The molecule has 0 heterocycles. The molecule has 0 spiro atoms. The molecule has 300 valence electrons. The summed E-state index contributed by atoms with van der Waals surface area (Å²) in [5.41, 5.74) is 2.15. The molecule has 0 saturated heterocycles. The number of anilines is 1. The molecule has 0 saturated carbocycles. The number of benzene rings is 5. The average molecular weight is 809 g/mol. The van der Waals surface area contributed by atoms with Gasteiger partial charge in [0.25, 0.3) is 0 Å². The van der Waals surface area contributed by atoms with Crippen LogP contribution in [0.3, 0.4) is 0 Å². The van der Waals surface area contributed by atoms with Gasteiger partial charge in [0.1, 0.15) is 11.5 Å². The lowest BCUT2D eigenvalue weighted by Crippen LogP contribution is -2.15. The van der Waals surface area contributed by atoms with E-state index in [-0.39, 0.29) is 59.3 Å². The van der Waals surface area contributed by atoms with Crippen molar-refractivity contribution in [1.29, 1.82) is 0 Å². The topological polar surface area (TPSA) is 186 Å². The number of phenolic OH excluding ortho intramolecular Hbond substituents is 2. The number of aliphatic hydroxyl groups is 2. The van der Waals surface area contributed by atoms with Gasteiger partial charge < -0.3 is 49.4 Å². The third kappa shape index (κ3) is 7.48. The van der Waals surface area contributed by atoms with Crippen LogP contribution in [0.5, 0.6) is 28.7 Å². The molecule has 0 bridgehead atoms. The minimum Gasteiger partial charge on any atom is -0.505 e. The number of fused-ring (bicyclic) bond motifs is 1. The Bertz CT molecular complexity index is 2400. The summed E-state index contributed by atoms with van der Waals surface area (Å²) in [6, 6.07) is 2.64. The van der Waals surface area contributed by atoms with Gasteiger partial charge in [0.2, 0.25) is 0 Å². The second-order valence-corrected chi connectivity index (χ2v) is 15.7. The van der Waals surface area contributed by atoms with E-state index in [9.17, 15) is 19.8 Å². The first kappa shape index (κ1) is 41.4. The van der Waals surface area contributed by atoms with Crippen molar-refractivity contribution in [3.63, 3.8) is 0 Å². The first-order chi connectivity index (χ1) is 27.2. The molecule has 5 aromatic rings. The van der Waals surface area contributed by atoms with Gasteiger partial charge in [-0.05, 0) is 19.2 Å². The summed E-state index contributed by atoms with van der Waals surface area (Å²) in [6.07, 6.45) is 1.98. The number of allylic oxidation sites excluding steroid dienone is 1. The Labute approximate surface area is 332 Å². The summed E-state index contributed by atoms with van der Waals surface area (Å²) in [6.45, 7) is 6.33. The lowest BCUT2D eigenvalue weighted by molar-refractivity contribution is 0.103. The molecule has 6 rings (SSSR count). The molecular formula is C41H48N2O11S2. The number of hydrogen-bond donors (Lipinski definition) is 5. The van der Waals surface area contributed by atoms with E-state index in [2.05, 4.69) is 5.32 Å². The van der Waals surface area contributed by atoms with Crippen LogP contribution in [0.25, 0.3) is 49.2 Å². The van der Waals surface area contributed by atoms with Crippen LogP contribution in [0.2, 0.25) is 0 Å². The van der Waals surface area contributed by atoms with Crippen LogP contribution in [0, 0.1) is 0 Å². The fourth-order valence-electron chi connectivity index (χ4n) is 7.86. The van der Waals surface area contributed by atoms with Crippen LogP contribution in [0.4, 0.5) is 5.69 Å². The van der Waals surface area contributed by atoms with E-state index >= 15 is 0 Å². The lowest BCUT2D eigenvalue weighted by Gasteiger charge is -2.26. The fourth-order valence-corrected chi connectivity index (χ4v) is 9.21. The number of nitrogens with zero attached hydrogens (tertiary/aromatic N) is 1. The van der Waals surface area contributed by atoms with Gasteiger partial charge in [-0.1, -0.05) is 11.6 Å². The maximum Gasteiger partial charge on any atom is 0.194 e. The number of rotatable bonds is 21. The normalized spacial score (nSPS) is 14.4. The predicted molar refractivity (Wildman–Crippen MR) is 228 cm³/mol. The SMILES string of the molecule is COc1c(O)c2c(=O)cc(OC)c3c4c(OC)cc(=O)c5c(O)c(NCCSCCOCCO)c6c(c(c1C(/C(C)=N/CCSCCOCCO)C(C)=C6)c23)c54. The number of thioether (sulfide) groups is 2. The second kappa shape index (κ2) is 18.3. The highest BCUT2D eigenvalue weighted by molar-refractivity contribution is 7.99. The van der Waals surface area contributed by atoms with Gasteiger partial charge in [-0.3, -0.25) is 14.6 Å². The summed E-state index contributed by atoms with van der Waals surface area (Å²) < 4.78 is 28.5. The Balaban J connectivity index is 1.66. The first-order valence-electron chi connectivity index (χ1n) is 18.4. The number of nitrogens with one attached hydrogen (secondary N) is 1. The van der Waals surface area contributed by atoms with Crippen molar-refractivity contribution in [2.45, 2.75) is 19.8 Å². The first-order valence-corrected chi connectivity index (χ1v) is 20.7. The summed E-state index contributed by atoms with van der Waals surface area (Å²) >= 11 is 3.32. The molecule has 0 radical (unpaired) electrons. The summed E-state index contributed by atoms with van der Waals surface area (Å²) in [7, 11) is 4.36. The van der Waals surface area contributed by atoms with Gasteiger partial charge in [-0.2, -0.15) is 23.5 Å². The highest BCUT2D eigenvalue weighted by atomic mass is 32.2. The van der Waals surface area contributed by atoms with Crippen molar-refractivity contribution in [1.82, 2.24) is 0 Å². The fraction of sp³-hybridized carbons (Fsp3) is 0.439. The zero-order valence-corrected chi connectivity index (χ0v) is 33.8. The summed E-state index contributed by atoms with van der Waals surface area (Å²) in [5.74, 6) is 2.30. The molecule has 1 aliphatic rings.